The van der Waals surface area contributed by atoms with Crippen molar-refractivity contribution in [2.45, 2.75) is 3.72 Å². The number of halogens is 2. The van der Waals surface area contributed by atoms with Crippen LogP contribution in [0, 0.1) is 0 Å². The Morgan fingerprint density at radius 2 is 1.39 bits per heavy atom. The van der Waals surface area contributed by atoms with Gasteiger partial charge in [0.15, 0.2) is 0 Å². The first-order valence-electron chi connectivity index (χ1n) is 5.40. The maximum atomic E-state index is 2.30. The van der Waals surface area contributed by atoms with E-state index in [0.717, 1.165) is 0 Å². The first kappa shape index (κ1) is 16.4. The van der Waals surface area contributed by atoms with E-state index in [1.165, 1.54) is 16.7 Å². The molecule has 1 atom stereocenters. The molecule has 0 radical (unpaired) electrons. The van der Waals surface area contributed by atoms with Gasteiger partial charge in [-0.2, -0.15) is 0 Å². The molecule has 2 aromatic rings. The molecule has 1 unspecified atom stereocenters. The quantitative estimate of drug-likeness (QED) is 0.397. The molecule has 0 heterocycles. The Balaban J connectivity index is 0.000000810. The number of benzene rings is 2. The minimum absolute atomic E-state index is 0. The second-order valence-electron chi connectivity index (χ2n) is 4.09. The number of fused-ring (bicyclic) bond motifs is 1. The van der Waals surface area contributed by atoms with E-state index < -0.39 is 0 Å². The van der Waals surface area contributed by atoms with Crippen LogP contribution in [-0.4, -0.2) is 0 Å². The van der Waals surface area contributed by atoms with Gasteiger partial charge in [-0.25, -0.2) is 0 Å². The van der Waals surface area contributed by atoms with E-state index in [0.29, 0.717) is 0 Å². The van der Waals surface area contributed by atoms with Crippen molar-refractivity contribution in [1.29, 1.82) is 0 Å². The maximum absolute atomic E-state index is 2.30. The van der Waals surface area contributed by atoms with E-state index in [4.69, 9.17) is 0 Å². The second-order valence-corrected chi connectivity index (χ2v) is 5.33. The van der Waals surface area contributed by atoms with Crippen molar-refractivity contribution in [3.63, 3.8) is 0 Å². The second kappa shape index (κ2) is 6.68. The minimum atomic E-state index is 0. The van der Waals surface area contributed by atoms with Crippen LogP contribution in [0.25, 0.3) is 6.08 Å². The van der Waals surface area contributed by atoms with E-state index >= 15 is 0 Å². The molecule has 0 aliphatic heterocycles. The summed E-state index contributed by atoms with van der Waals surface area (Å²) in [6.07, 6.45) is 4.52. The third-order valence-corrected chi connectivity index (χ3v) is 4.26. The van der Waals surface area contributed by atoms with E-state index in [-0.39, 0.29) is 51.7 Å². The molecule has 2 aromatic carbocycles. The van der Waals surface area contributed by atoms with Crippen LogP contribution in [0.5, 0.6) is 0 Å². The Morgan fingerprint density at radius 1 is 0.778 bits per heavy atom. The average molecular weight is 495 g/mol. The predicted octanol–water partition coefficient (Wildman–Crippen LogP) is 4.74. The van der Waals surface area contributed by atoms with Gasteiger partial charge in [-0.3, -0.25) is 0 Å². The van der Waals surface area contributed by atoms with Gasteiger partial charge in [0, 0.05) is 0 Å². The van der Waals surface area contributed by atoms with Crippen molar-refractivity contribution >= 4 is 54.0 Å². The topological polar surface area (TPSA) is 0 Å². The fourth-order valence-corrected chi connectivity index (χ4v) is 3.00. The Morgan fingerprint density at radius 3 is 2.11 bits per heavy atom. The average Bonchev–Trinajstić information content (AvgIpc) is 2.71. The molecule has 3 rings (SSSR count). The summed E-state index contributed by atoms with van der Waals surface area (Å²) in [5.74, 6) is 0. The fourth-order valence-electron chi connectivity index (χ4n) is 2.26. The monoisotopic (exact) mass is 495 g/mol. The van der Waals surface area contributed by atoms with Crippen molar-refractivity contribution in [1.82, 2.24) is 0 Å². The number of allylic oxidation sites excluding steroid dienone is 1. The molecule has 91 valence electrons. The molecule has 0 nitrogen and oxygen atoms in total. The Hall–Kier alpha value is 0.354. The van der Waals surface area contributed by atoms with Gasteiger partial charge in [0.1, 0.15) is 0 Å². The van der Waals surface area contributed by atoms with Crippen LogP contribution in [0.4, 0.5) is 0 Å². The van der Waals surface area contributed by atoms with Crippen molar-refractivity contribution in [3.8, 4) is 0 Å². The first-order valence-corrected chi connectivity index (χ1v) is 6.18. The van der Waals surface area contributed by atoms with Gasteiger partial charge in [-0.1, -0.05) is 0 Å². The zero-order valence-electron chi connectivity index (χ0n) is 9.67. The summed E-state index contributed by atoms with van der Waals surface area (Å²) in [6.45, 7) is 0. The van der Waals surface area contributed by atoms with Crippen LogP contribution in [0.2, 0.25) is 0 Å². The summed E-state index contributed by atoms with van der Waals surface area (Å²) in [6, 6.07) is 19.3. The van der Waals surface area contributed by atoms with Crippen LogP contribution < -0.4 is 0 Å². The number of hydrogen-bond donors (Lipinski definition) is 0. The van der Waals surface area contributed by atoms with Crippen molar-refractivity contribution in [2.24, 2.45) is 0 Å². The molecule has 0 saturated heterocycles. The van der Waals surface area contributed by atoms with Gasteiger partial charge in [0.05, 0.1) is 0 Å². The van der Waals surface area contributed by atoms with Crippen LogP contribution in [0.3, 0.4) is 0 Å². The normalized spacial score (nSPS) is 19.5. The van der Waals surface area contributed by atoms with Crippen LogP contribution in [0.1, 0.15) is 16.7 Å². The molecular formula is C15H13I2Ti. The zero-order valence-corrected chi connectivity index (χ0v) is 15.9. The summed E-state index contributed by atoms with van der Waals surface area (Å²) in [7, 11) is 0. The molecule has 0 spiro atoms. The number of hydrogen-bond acceptors (Lipinski definition) is 0. The van der Waals surface area contributed by atoms with Gasteiger partial charge in [-0.15, -0.1) is 48.0 Å². The molecule has 3 heteroatoms. The fraction of sp³-hybridized carbons (Fsp3) is 0.0667. The molecule has 18 heavy (non-hydrogen) atoms. The van der Waals surface area contributed by atoms with Crippen LogP contribution in [0.15, 0.2) is 60.7 Å². The van der Waals surface area contributed by atoms with E-state index in [9.17, 15) is 0 Å². The summed E-state index contributed by atoms with van der Waals surface area (Å²) >= 11 is 2.28. The first-order chi connectivity index (χ1) is 7.81. The standard InChI is InChI=1S/C15H11.2HI.Ti/c1-2-6-12(7-3-1)15-11-10-13-8-4-5-9-14(13)15;;;/h1-11H;2*1H;. The van der Waals surface area contributed by atoms with Gasteiger partial charge in [0.25, 0.3) is 0 Å². The number of rotatable bonds is 1. The van der Waals surface area contributed by atoms with E-state index in [2.05, 4.69) is 87.2 Å². The summed E-state index contributed by atoms with van der Waals surface area (Å²) in [5, 5.41) is 0. The summed E-state index contributed by atoms with van der Waals surface area (Å²) in [4.78, 5) is 0. The molecule has 0 amide bonds. The molecule has 1 aliphatic carbocycles. The summed E-state index contributed by atoms with van der Waals surface area (Å²) < 4.78 is 0.0395. The Labute approximate surface area is 154 Å². The van der Waals surface area contributed by atoms with E-state index in [1.807, 2.05) is 0 Å². The summed E-state index contributed by atoms with van der Waals surface area (Å²) in [5.41, 5.74) is 4.10. The molecule has 0 N–H and O–H groups in total. The van der Waals surface area contributed by atoms with Crippen molar-refractivity contribution in [2.75, 3.05) is 0 Å². The third kappa shape index (κ3) is 2.76. The molecule has 0 aromatic heterocycles. The molecule has 0 bridgehead atoms. The van der Waals surface area contributed by atoms with Crippen molar-refractivity contribution < 1.29 is 20.4 Å². The molecule has 1 aliphatic rings. The molecule has 0 fully saturated rings. The predicted molar refractivity (Wildman–Crippen MR) is 93.5 cm³/mol. The molecule has 0 saturated carbocycles. The van der Waals surface area contributed by atoms with E-state index in [1.54, 1.807) is 0 Å². The Bertz CT molecular complexity index is 551. The van der Waals surface area contributed by atoms with Gasteiger partial charge in [-0.05, 0) is 0 Å². The van der Waals surface area contributed by atoms with Crippen molar-refractivity contribution in [3.05, 3.63) is 77.4 Å². The van der Waals surface area contributed by atoms with Gasteiger partial charge < -0.3 is 0 Å². The third-order valence-electron chi connectivity index (χ3n) is 3.13. The van der Waals surface area contributed by atoms with Crippen LogP contribution >= 0.6 is 48.0 Å². The Kier molecular flexibility index (Phi) is 6.09. The molecular weight excluding hydrogens is 482 g/mol. The van der Waals surface area contributed by atoms with Crippen LogP contribution in [-0.2, 0) is 24.2 Å². The SMILES string of the molecule is I.I.[Ti][C]1(c2ccccc2)C=Cc2ccccc21. The zero-order chi connectivity index (χ0) is 11.0. The van der Waals surface area contributed by atoms with Gasteiger partial charge in [0.2, 0.25) is 0 Å². The van der Waals surface area contributed by atoms with Gasteiger partial charge >= 0.3 is 108 Å².